The highest BCUT2D eigenvalue weighted by atomic mass is 16.4. The van der Waals surface area contributed by atoms with E-state index in [2.05, 4.69) is 5.32 Å². The van der Waals surface area contributed by atoms with Gasteiger partial charge in [0, 0.05) is 13.6 Å². The Bertz CT molecular complexity index is 527. The minimum absolute atomic E-state index is 0.297. The molecule has 0 bridgehead atoms. The molecule has 114 valence electrons. The van der Waals surface area contributed by atoms with Crippen molar-refractivity contribution in [3.05, 3.63) is 35.4 Å². The lowest BCUT2D eigenvalue weighted by Gasteiger charge is -2.20. The number of carboxylic acid groups (broad SMARTS) is 2. The van der Waals surface area contributed by atoms with E-state index >= 15 is 0 Å². The molecule has 0 unspecified atom stereocenters. The Morgan fingerprint density at radius 2 is 1.76 bits per heavy atom. The van der Waals surface area contributed by atoms with Crippen molar-refractivity contribution in [2.75, 3.05) is 7.05 Å². The third-order valence-electron chi connectivity index (χ3n) is 2.86. The smallest absolute Gasteiger partial charge is 0.326 e. The van der Waals surface area contributed by atoms with Crippen molar-refractivity contribution >= 4 is 18.0 Å². The molecule has 0 aliphatic carbocycles. The molecular weight excluding hydrogens is 276 g/mol. The molecule has 0 aromatic heterocycles. The maximum atomic E-state index is 11.9. The van der Waals surface area contributed by atoms with E-state index in [1.807, 2.05) is 31.2 Å². The van der Waals surface area contributed by atoms with Gasteiger partial charge < -0.3 is 20.4 Å². The minimum Gasteiger partial charge on any atom is -0.481 e. The summed E-state index contributed by atoms with van der Waals surface area (Å²) in [5, 5.41) is 19.7. The molecule has 1 rings (SSSR count). The number of aliphatic carboxylic acids is 2. The maximum absolute atomic E-state index is 11.9. The molecule has 0 saturated carbocycles. The first kappa shape index (κ1) is 16.5. The van der Waals surface area contributed by atoms with Gasteiger partial charge in [-0.25, -0.2) is 9.59 Å². The van der Waals surface area contributed by atoms with E-state index in [0.29, 0.717) is 6.54 Å². The van der Waals surface area contributed by atoms with Crippen LogP contribution in [0.2, 0.25) is 0 Å². The number of carboxylic acids is 2. The first-order valence-electron chi connectivity index (χ1n) is 6.31. The molecule has 7 nitrogen and oxygen atoms in total. The fraction of sp³-hybridized carbons (Fsp3) is 0.357. The van der Waals surface area contributed by atoms with Gasteiger partial charge in [-0.1, -0.05) is 29.8 Å². The summed E-state index contributed by atoms with van der Waals surface area (Å²) in [4.78, 5) is 34.6. The molecule has 3 N–H and O–H groups in total. The van der Waals surface area contributed by atoms with Crippen molar-refractivity contribution in [1.82, 2.24) is 10.2 Å². The summed E-state index contributed by atoms with van der Waals surface area (Å²) in [5.74, 6) is -2.67. The topological polar surface area (TPSA) is 107 Å². The van der Waals surface area contributed by atoms with Crippen LogP contribution < -0.4 is 5.32 Å². The normalized spacial score (nSPS) is 11.5. The third-order valence-corrected chi connectivity index (χ3v) is 2.86. The number of carbonyl (C=O) groups is 3. The molecule has 0 heterocycles. The number of nitrogens with zero attached hydrogens (tertiary/aromatic N) is 1. The van der Waals surface area contributed by atoms with Gasteiger partial charge in [-0.15, -0.1) is 0 Å². The summed E-state index contributed by atoms with van der Waals surface area (Å²) in [7, 11) is 1.51. The predicted octanol–water partition coefficient (Wildman–Crippen LogP) is 1.06. The lowest BCUT2D eigenvalue weighted by Crippen LogP contribution is -2.47. The number of carbonyl (C=O) groups excluding carboxylic acids is 1. The Morgan fingerprint density at radius 1 is 1.19 bits per heavy atom. The van der Waals surface area contributed by atoms with Gasteiger partial charge in [0.1, 0.15) is 6.04 Å². The molecule has 1 aromatic rings. The molecule has 1 atom stereocenters. The highest BCUT2D eigenvalue weighted by molar-refractivity contribution is 5.86. The average Bonchev–Trinajstić information content (AvgIpc) is 2.39. The van der Waals surface area contributed by atoms with Crippen molar-refractivity contribution < 1.29 is 24.6 Å². The van der Waals surface area contributed by atoms with Crippen LogP contribution in [0.15, 0.2) is 24.3 Å². The molecule has 0 spiro atoms. The second-order valence-electron chi connectivity index (χ2n) is 4.78. The van der Waals surface area contributed by atoms with Crippen LogP contribution in [0.5, 0.6) is 0 Å². The van der Waals surface area contributed by atoms with E-state index < -0.39 is 30.4 Å². The number of aryl methyl sites for hydroxylation is 1. The fourth-order valence-corrected chi connectivity index (χ4v) is 1.67. The number of benzene rings is 1. The van der Waals surface area contributed by atoms with Gasteiger partial charge in [0.15, 0.2) is 0 Å². The monoisotopic (exact) mass is 294 g/mol. The van der Waals surface area contributed by atoms with E-state index in [-0.39, 0.29) is 0 Å². The SMILES string of the molecule is Cc1ccc(CN(C)C(=O)N[C@H](CC(=O)O)C(=O)O)cc1. The highest BCUT2D eigenvalue weighted by Gasteiger charge is 2.24. The fourth-order valence-electron chi connectivity index (χ4n) is 1.67. The van der Waals surface area contributed by atoms with E-state index in [9.17, 15) is 14.4 Å². The lowest BCUT2D eigenvalue weighted by molar-refractivity contribution is -0.145. The van der Waals surface area contributed by atoms with Crippen molar-refractivity contribution in [2.45, 2.75) is 25.9 Å². The van der Waals surface area contributed by atoms with Crippen LogP contribution in [0.4, 0.5) is 4.79 Å². The van der Waals surface area contributed by atoms with Gasteiger partial charge >= 0.3 is 18.0 Å². The third kappa shape index (κ3) is 5.52. The number of hydrogen-bond acceptors (Lipinski definition) is 3. The first-order valence-corrected chi connectivity index (χ1v) is 6.31. The van der Waals surface area contributed by atoms with Gasteiger partial charge in [-0.05, 0) is 12.5 Å². The standard InChI is InChI=1S/C14H18N2O5/c1-9-3-5-10(6-4-9)8-16(2)14(21)15-11(13(19)20)7-12(17)18/h3-6,11H,7-8H2,1-2H3,(H,15,21)(H,17,18)(H,19,20)/t11-/m1/s1. The zero-order chi connectivity index (χ0) is 16.0. The quantitative estimate of drug-likeness (QED) is 0.727. The second-order valence-corrected chi connectivity index (χ2v) is 4.78. The van der Waals surface area contributed by atoms with E-state index in [1.165, 1.54) is 11.9 Å². The number of hydrogen-bond donors (Lipinski definition) is 3. The number of nitrogens with one attached hydrogen (secondary N) is 1. The number of urea groups is 1. The number of amides is 2. The largest absolute Gasteiger partial charge is 0.481 e. The van der Waals surface area contributed by atoms with Crippen molar-refractivity contribution in [1.29, 1.82) is 0 Å². The Morgan fingerprint density at radius 3 is 2.24 bits per heavy atom. The summed E-state index contributed by atoms with van der Waals surface area (Å²) >= 11 is 0. The molecule has 21 heavy (non-hydrogen) atoms. The van der Waals surface area contributed by atoms with Crippen molar-refractivity contribution in [3.8, 4) is 0 Å². The molecule has 7 heteroatoms. The van der Waals surface area contributed by atoms with Crippen LogP contribution >= 0.6 is 0 Å². The van der Waals surface area contributed by atoms with Gasteiger partial charge in [0.25, 0.3) is 0 Å². The summed E-state index contributed by atoms with van der Waals surface area (Å²) in [5.41, 5.74) is 1.99. The predicted molar refractivity (Wildman–Crippen MR) is 74.9 cm³/mol. The van der Waals surface area contributed by atoms with Crippen molar-refractivity contribution in [3.63, 3.8) is 0 Å². The first-order chi connectivity index (χ1) is 9.79. The Hall–Kier alpha value is -2.57. The molecule has 0 fully saturated rings. The lowest BCUT2D eigenvalue weighted by atomic mass is 10.1. The van der Waals surface area contributed by atoms with E-state index in [1.54, 1.807) is 0 Å². The van der Waals surface area contributed by atoms with Crippen molar-refractivity contribution in [2.24, 2.45) is 0 Å². The summed E-state index contributed by atoms with van der Waals surface area (Å²) in [6.07, 6.45) is -0.667. The highest BCUT2D eigenvalue weighted by Crippen LogP contribution is 2.06. The molecule has 0 saturated heterocycles. The second kappa shape index (κ2) is 7.28. The van der Waals surface area contributed by atoms with Gasteiger partial charge in [0.05, 0.1) is 6.42 Å². The zero-order valence-corrected chi connectivity index (χ0v) is 11.9. The van der Waals surface area contributed by atoms with Crippen LogP contribution in [-0.2, 0) is 16.1 Å². The van der Waals surface area contributed by atoms with Crippen LogP contribution in [0.3, 0.4) is 0 Å². The molecule has 0 radical (unpaired) electrons. The Balaban J connectivity index is 2.62. The molecule has 2 amide bonds. The van der Waals surface area contributed by atoms with Crippen LogP contribution in [0, 0.1) is 6.92 Å². The van der Waals surface area contributed by atoms with Crippen LogP contribution in [-0.4, -0.2) is 46.2 Å². The molecule has 1 aromatic carbocycles. The summed E-state index contributed by atoms with van der Waals surface area (Å²) in [6, 6.07) is 5.47. The molecule has 0 aliphatic rings. The van der Waals surface area contributed by atoms with Gasteiger partial charge in [0.2, 0.25) is 0 Å². The van der Waals surface area contributed by atoms with Gasteiger partial charge in [-0.3, -0.25) is 4.79 Å². The average molecular weight is 294 g/mol. The van der Waals surface area contributed by atoms with Crippen LogP contribution in [0.25, 0.3) is 0 Å². The number of rotatable bonds is 6. The Kier molecular flexibility index (Phi) is 5.71. The molecule has 0 aliphatic heterocycles. The Labute approximate surface area is 122 Å². The maximum Gasteiger partial charge on any atom is 0.326 e. The molecular formula is C14H18N2O5. The summed E-state index contributed by atoms with van der Waals surface area (Å²) < 4.78 is 0. The zero-order valence-electron chi connectivity index (χ0n) is 11.9. The van der Waals surface area contributed by atoms with Crippen LogP contribution in [0.1, 0.15) is 17.5 Å². The minimum atomic E-state index is -1.45. The van der Waals surface area contributed by atoms with E-state index in [4.69, 9.17) is 10.2 Å². The summed E-state index contributed by atoms with van der Waals surface area (Å²) in [6.45, 7) is 2.25. The van der Waals surface area contributed by atoms with E-state index in [0.717, 1.165) is 11.1 Å². The van der Waals surface area contributed by atoms with Gasteiger partial charge in [-0.2, -0.15) is 0 Å².